The van der Waals surface area contributed by atoms with Crippen LogP contribution < -0.4 is 10.6 Å². The Morgan fingerprint density at radius 3 is 2.86 bits per heavy atom. The van der Waals surface area contributed by atoms with Gasteiger partial charge in [0.15, 0.2) is 0 Å². The van der Waals surface area contributed by atoms with Gasteiger partial charge in [-0.3, -0.25) is 4.79 Å². The normalized spacial score (nSPS) is 15.8. The summed E-state index contributed by atoms with van der Waals surface area (Å²) in [6.07, 6.45) is 2.81. The van der Waals surface area contributed by atoms with Gasteiger partial charge in [0.2, 0.25) is 0 Å². The summed E-state index contributed by atoms with van der Waals surface area (Å²) in [6, 6.07) is 6.38. The van der Waals surface area contributed by atoms with Crippen LogP contribution in [-0.4, -0.2) is 31.2 Å². The van der Waals surface area contributed by atoms with Gasteiger partial charge in [0.05, 0.1) is 6.61 Å². The molecule has 0 bridgehead atoms. The van der Waals surface area contributed by atoms with E-state index < -0.39 is 6.04 Å². The molecule has 0 amide bonds. The van der Waals surface area contributed by atoms with Crippen LogP contribution in [0.4, 0.5) is 5.69 Å². The lowest BCUT2D eigenvalue weighted by Gasteiger charge is -2.35. The van der Waals surface area contributed by atoms with E-state index in [1.54, 1.807) is 6.92 Å². The predicted octanol–water partition coefficient (Wildman–Crippen LogP) is 2.28. The van der Waals surface area contributed by atoms with Crippen LogP contribution in [0.25, 0.3) is 0 Å². The summed E-state index contributed by atoms with van der Waals surface area (Å²) < 4.78 is 4.96. The average Bonchev–Trinajstić information content (AvgIpc) is 2.46. The van der Waals surface area contributed by atoms with E-state index in [0.29, 0.717) is 19.1 Å². The molecule has 0 spiro atoms. The molecule has 1 atom stereocenters. The van der Waals surface area contributed by atoms with Crippen LogP contribution in [0.5, 0.6) is 0 Å². The second-order valence-corrected chi connectivity index (χ2v) is 5.92. The first-order valence-corrected chi connectivity index (χ1v) is 7.83. The molecule has 21 heavy (non-hydrogen) atoms. The van der Waals surface area contributed by atoms with Gasteiger partial charge in [0.1, 0.15) is 6.04 Å². The number of hydrogen-bond acceptors (Lipinski definition) is 4. The highest BCUT2D eigenvalue weighted by atomic mass is 16.5. The van der Waals surface area contributed by atoms with E-state index in [2.05, 4.69) is 36.9 Å². The number of nitrogens with zero attached hydrogens (tertiary/aromatic N) is 1. The zero-order valence-electron chi connectivity index (χ0n) is 13.3. The van der Waals surface area contributed by atoms with E-state index in [4.69, 9.17) is 10.5 Å². The average molecular weight is 290 g/mol. The fourth-order valence-electron chi connectivity index (χ4n) is 2.93. The fraction of sp³-hybridized carbons (Fsp3) is 0.588. The molecule has 4 nitrogen and oxygen atoms in total. The molecule has 1 aliphatic heterocycles. The largest absolute Gasteiger partial charge is 0.465 e. The molecule has 0 saturated carbocycles. The minimum atomic E-state index is -0.576. The molecule has 0 fully saturated rings. The van der Waals surface area contributed by atoms with Crippen molar-refractivity contribution < 1.29 is 9.53 Å². The molecule has 116 valence electrons. The van der Waals surface area contributed by atoms with E-state index in [0.717, 1.165) is 18.5 Å². The number of benzene rings is 1. The molecule has 0 aliphatic carbocycles. The smallest absolute Gasteiger partial charge is 0.323 e. The fourth-order valence-corrected chi connectivity index (χ4v) is 2.93. The second-order valence-electron chi connectivity index (χ2n) is 5.92. The zero-order chi connectivity index (χ0) is 15.4. The van der Waals surface area contributed by atoms with Gasteiger partial charge in [-0.1, -0.05) is 12.1 Å². The van der Waals surface area contributed by atoms with Crippen molar-refractivity contribution in [3.8, 4) is 0 Å². The Kier molecular flexibility index (Phi) is 5.23. The van der Waals surface area contributed by atoms with Crippen molar-refractivity contribution in [1.82, 2.24) is 0 Å². The molecular weight excluding hydrogens is 264 g/mol. The van der Waals surface area contributed by atoms with Gasteiger partial charge in [-0.05, 0) is 57.2 Å². The Bertz CT molecular complexity index is 500. The monoisotopic (exact) mass is 290 g/mol. The standard InChI is InChI=1S/C17H26N2O2/c1-4-21-17(20)15(18)11-13-7-8-16-14(10-13)6-5-9-19(16)12(2)3/h7-8,10,12,15H,4-6,9,11,18H2,1-3H3. The van der Waals surface area contributed by atoms with Crippen molar-refractivity contribution in [2.45, 2.75) is 52.1 Å². The molecule has 2 N–H and O–H groups in total. The lowest BCUT2D eigenvalue weighted by molar-refractivity contribution is -0.144. The summed E-state index contributed by atoms with van der Waals surface area (Å²) in [5.41, 5.74) is 9.70. The summed E-state index contributed by atoms with van der Waals surface area (Å²) in [4.78, 5) is 14.1. The number of carbonyl (C=O) groups is 1. The minimum Gasteiger partial charge on any atom is -0.465 e. The number of ether oxygens (including phenoxy) is 1. The number of nitrogens with two attached hydrogens (primary N) is 1. The third kappa shape index (κ3) is 3.76. The van der Waals surface area contributed by atoms with Crippen molar-refractivity contribution in [2.75, 3.05) is 18.1 Å². The lowest BCUT2D eigenvalue weighted by Crippen LogP contribution is -2.36. The molecule has 0 radical (unpaired) electrons. The van der Waals surface area contributed by atoms with Crippen molar-refractivity contribution in [3.63, 3.8) is 0 Å². The summed E-state index contributed by atoms with van der Waals surface area (Å²) in [5.74, 6) is -0.320. The number of aryl methyl sites for hydroxylation is 1. The van der Waals surface area contributed by atoms with Crippen molar-refractivity contribution >= 4 is 11.7 Å². The van der Waals surface area contributed by atoms with Gasteiger partial charge in [-0.15, -0.1) is 0 Å². The lowest BCUT2D eigenvalue weighted by atomic mass is 9.96. The highest BCUT2D eigenvalue weighted by Crippen LogP contribution is 2.29. The predicted molar refractivity (Wildman–Crippen MR) is 85.6 cm³/mol. The number of anilines is 1. The Morgan fingerprint density at radius 1 is 1.43 bits per heavy atom. The van der Waals surface area contributed by atoms with E-state index >= 15 is 0 Å². The summed E-state index contributed by atoms with van der Waals surface area (Å²) in [6.45, 7) is 7.73. The first-order chi connectivity index (χ1) is 10.0. The minimum absolute atomic E-state index is 0.320. The highest BCUT2D eigenvalue weighted by Gasteiger charge is 2.20. The molecule has 2 rings (SSSR count). The zero-order valence-corrected chi connectivity index (χ0v) is 13.3. The number of hydrogen-bond donors (Lipinski definition) is 1. The summed E-state index contributed by atoms with van der Waals surface area (Å²) >= 11 is 0. The molecule has 1 aromatic carbocycles. The Balaban J connectivity index is 2.12. The van der Waals surface area contributed by atoms with Gasteiger partial charge < -0.3 is 15.4 Å². The topological polar surface area (TPSA) is 55.6 Å². The van der Waals surface area contributed by atoms with E-state index in [-0.39, 0.29) is 5.97 Å². The molecule has 1 heterocycles. The van der Waals surface area contributed by atoms with Gasteiger partial charge in [-0.2, -0.15) is 0 Å². The van der Waals surface area contributed by atoms with E-state index in [9.17, 15) is 4.79 Å². The number of fused-ring (bicyclic) bond motifs is 1. The Labute approximate surface area is 127 Å². The van der Waals surface area contributed by atoms with Crippen LogP contribution in [0.3, 0.4) is 0 Å². The van der Waals surface area contributed by atoms with Crippen LogP contribution in [0, 0.1) is 0 Å². The van der Waals surface area contributed by atoms with Crippen LogP contribution in [0.2, 0.25) is 0 Å². The van der Waals surface area contributed by atoms with Crippen molar-refractivity contribution in [2.24, 2.45) is 5.73 Å². The highest BCUT2D eigenvalue weighted by molar-refractivity contribution is 5.76. The van der Waals surface area contributed by atoms with Crippen LogP contribution in [-0.2, 0) is 22.4 Å². The number of carbonyl (C=O) groups excluding carboxylic acids is 1. The van der Waals surface area contributed by atoms with Crippen LogP contribution in [0.1, 0.15) is 38.3 Å². The van der Waals surface area contributed by atoms with Crippen molar-refractivity contribution in [3.05, 3.63) is 29.3 Å². The Hall–Kier alpha value is -1.55. The molecule has 0 aromatic heterocycles. The molecule has 0 saturated heterocycles. The summed E-state index contributed by atoms with van der Waals surface area (Å²) in [7, 11) is 0. The maximum atomic E-state index is 11.6. The van der Waals surface area contributed by atoms with Crippen molar-refractivity contribution in [1.29, 1.82) is 0 Å². The van der Waals surface area contributed by atoms with Gasteiger partial charge in [-0.25, -0.2) is 0 Å². The molecular formula is C17H26N2O2. The van der Waals surface area contributed by atoms with Crippen LogP contribution in [0.15, 0.2) is 18.2 Å². The quantitative estimate of drug-likeness (QED) is 0.845. The number of rotatable bonds is 5. The molecule has 1 aliphatic rings. The maximum Gasteiger partial charge on any atom is 0.323 e. The van der Waals surface area contributed by atoms with Gasteiger partial charge in [0.25, 0.3) is 0 Å². The number of esters is 1. The van der Waals surface area contributed by atoms with E-state index in [1.807, 2.05) is 0 Å². The summed E-state index contributed by atoms with van der Waals surface area (Å²) in [5, 5.41) is 0. The Morgan fingerprint density at radius 2 is 2.19 bits per heavy atom. The molecule has 4 heteroatoms. The molecule has 1 aromatic rings. The second kappa shape index (κ2) is 6.94. The third-order valence-corrected chi connectivity index (χ3v) is 3.97. The first kappa shape index (κ1) is 15.8. The SMILES string of the molecule is CCOC(=O)C(N)Cc1ccc2c(c1)CCCN2C(C)C. The molecule has 1 unspecified atom stereocenters. The third-order valence-electron chi connectivity index (χ3n) is 3.97. The van der Waals surface area contributed by atoms with Gasteiger partial charge >= 0.3 is 5.97 Å². The van der Waals surface area contributed by atoms with Crippen LogP contribution >= 0.6 is 0 Å². The van der Waals surface area contributed by atoms with Gasteiger partial charge in [0, 0.05) is 18.3 Å². The maximum absolute atomic E-state index is 11.6. The van der Waals surface area contributed by atoms with E-state index in [1.165, 1.54) is 17.7 Å². The first-order valence-electron chi connectivity index (χ1n) is 7.83.